The van der Waals surface area contributed by atoms with Crippen LogP contribution in [0.1, 0.15) is 12.5 Å². The molecule has 1 rings (SSSR count). The topological polar surface area (TPSA) is 26.3 Å². The summed E-state index contributed by atoms with van der Waals surface area (Å²) in [7, 11) is 0. The average molecular weight is 204 g/mol. The molecule has 80 valence electrons. The number of carbonyl (C=O) groups is 1. The first-order valence-electron chi connectivity index (χ1n) is 5.05. The van der Waals surface area contributed by atoms with E-state index in [0.717, 1.165) is 12.0 Å². The molecule has 0 amide bonds. The highest BCUT2D eigenvalue weighted by molar-refractivity contribution is 5.72. The molecule has 1 aromatic carbocycles. The Labute approximate surface area is 90.6 Å². The number of ether oxygens (including phenoxy) is 1. The molecule has 0 bridgehead atoms. The molecule has 0 aliphatic rings. The highest BCUT2D eigenvalue weighted by atomic mass is 16.5. The molecular weight excluding hydrogens is 188 g/mol. The number of carbonyl (C=O) groups excluding carboxylic acids is 1. The van der Waals surface area contributed by atoms with Gasteiger partial charge >= 0.3 is 5.97 Å². The Morgan fingerprint density at radius 3 is 2.73 bits per heavy atom. The van der Waals surface area contributed by atoms with Crippen molar-refractivity contribution in [3.8, 4) is 0 Å². The van der Waals surface area contributed by atoms with Crippen LogP contribution in [0.4, 0.5) is 0 Å². The minimum atomic E-state index is -0.168. The third-order valence-corrected chi connectivity index (χ3v) is 2.13. The van der Waals surface area contributed by atoms with Crippen LogP contribution < -0.4 is 0 Å². The molecule has 1 atom stereocenters. The van der Waals surface area contributed by atoms with E-state index in [2.05, 4.69) is 6.58 Å². The first kappa shape index (κ1) is 11.5. The molecule has 1 aromatic rings. The molecule has 0 spiro atoms. The van der Waals surface area contributed by atoms with Crippen LogP contribution in [0.5, 0.6) is 0 Å². The van der Waals surface area contributed by atoms with E-state index in [0.29, 0.717) is 0 Å². The first-order valence-corrected chi connectivity index (χ1v) is 5.05. The lowest BCUT2D eigenvalue weighted by molar-refractivity contribution is -0.146. The van der Waals surface area contributed by atoms with E-state index in [-0.39, 0.29) is 18.5 Å². The lowest BCUT2D eigenvalue weighted by atomic mass is 10.0. The van der Waals surface area contributed by atoms with Gasteiger partial charge < -0.3 is 4.74 Å². The van der Waals surface area contributed by atoms with E-state index in [1.165, 1.54) is 0 Å². The van der Waals surface area contributed by atoms with Crippen LogP contribution in [0.25, 0.3) is 0 Å². The van der Waals surface area contributed by atoms with E-state index < -0.39 is 0 Å². The zero-order valence-corrected chi connectivity index (χ0v) is 8.98. The zero-order chi connectivity index (χ0) is 11.1. The molecule has 0 radical (unpaired) electrons. The zero-order valence-electron chi connectivity index (χ0n) is 8.98. The smallest absolute Gasteiger partial charge is 0.309 e. The van der Waals surface area contributed by atoms with E-state index in [4.69, 9.17) is 4.74 Å². The van der Waals surface area contributed by atoms with E-state index in [1.54, 1.807) is 6.08 Å². The Morgan fingerprint density at radius 1 is 1.47 bits per heavy atom. The van der Waals surface area contributed by atoms with E-state index >= 15 is 0 Å². The van der Waals surface area contributed by atoms with Crippen molar-refractivity contribution in [2.75, 3.05) is 6.61 Å². The summed E-state index contributed by atoms with van der Waals surface area (Å²) in [4.78, 5) is 11.4. The number of benzene rings is 1. The van der Waals surface area contributed by atoms with Crippen molar-refractivity contribution in [3.63, 3.8) is 0 Å². The van der Waals surface area contributed by atoms with Crippen molar-refractivity contribution < 1.29 is 9.53 Å². The van der Waals surface area contributed by atoms with Gasteiger partial charge in [0.1, 0.15) is 6.61 Å². The molecule has 0 aliphatic heterocycles. The third kappa shape index (κ3) is 3.98. The molecule has 0 heterocycles. The second kappa shape index (κ2) is 6.02. The molecule has 0 unspecified atom stereocenters. The largest absolute Gasteiger partial charge is 0.461 e. The van der Waals surface area contributed by atoms with Crippen molar-refractivity contribution in [1.29, 1.82) is 0 Å². The molecule has 0 saturated heterocycles. The van der Waals surface area contributed by atoms with Crippen molar-refractivity contribution in [1.82, 2.24) is 0 Å². The fourth-order valence-corrected chi connectivity index (χ4v) is 1.33. The Balaban J connectivity index is 2.45. The molecule has 0 aromatic heterocycles. The van der Waals surface area contributed by atoms with Crippen LogP contribution in [-0.2, 0) is 16.0 Å². The summed E-state index contributed by atoms with van der Waals surface area (Å²) in [5.74, 6) is -0.272. The van der Waals surface area contributed by atoms with Gasteiger partial charge in [-0.1, -0.05) is 49.9 Å². The summed E-state index contributed by atoms with van der Waals surface area (Å²) in [6.45, 7) is 5.66. The van der Waals surface area contributed by atoms with Crippen molar-refractivity contribution in [2.45, 2.75) is 13.3 Å². The maximum atomic E-state index is 11.4. The molecule has 0 aliphatic carbocycles. The fraction of sp³-hybridized carbons (Fsp3) is 0.308. The van der Waals surface area contributed by atoms with Gasteiger partial charge in [-0.15, -0.1) is 0 Å². The standard InChI is InChI=1S/C13H16O2/c1-3-9-15-13(14)11(2)10-12-7-5-4-6-8-12/h3-8,11H,1,9-10H2,2H3/t11-/m0/s1. The Bertz CT molecular complexity index is 317. The van der Waals surface area contributed by atoms with Gasteiger partial charge in [-0.3, -0.25) is 4.79 Å². The molecule has 0 saturated carbocycles. The summed E-state index contributed by atoms with van der Waals surface area (Å²) in [6, 6.07) is 9.92. The number of hydrogen-bond acceptors (Lipinski definition) is 2. The Morgan fingerprint density at radius 2 is 2.13 bits per heavy atom. The first-order chi connectivity index (χ1) is 7.24. The predicted octanol–water partition coefficient (Wildman–Crippen LogP) is 2.59. The summed E-state index contributed by atoms with van der Waals surface area (Å²) in [5.41, 5.74) is 1.15. The average Bonchev–Trinajstić information content (AvgIpc) is 2.27. The van der Waals surface area contributed by atoms with Gasteiger partial charge in [0.05, 0.1) is 5.92 Å². The summed E-state index contributed by atoms with van der Waals surface area (Å²) < 4.78 is 4.97. The number of rotatable bonds is 5. The summed E-state index contributed by atoms with van der Waals surface area (Å²) >= 11 is 0. The van der Waals surface area contributed by atoms with Gasteiger partial charge in [-0.05, 0) is 12.0 Å². The van der Waals surface area contributed by atoms with E-state index in [1.807, 2.05) is 37.3 Å². The van der Waals surface area contributed by atoms with Gasteiger partial charge in [-0.2, -0.15) is 0 Å². The van der Waals surface area contributed by atoms with Crippen LogP contribution >= 0.6 is 0 Å². The molecule has 0 fully saturated rings. The van der Waals surface area contributed by atoms with Crippen LogP contribution in [0.2, 0.25) is 0 Å². The van der Waals surface area contributed by atoms with Crippen LogP contribution in [0.3, 0.4) is 0 Å². The molecule has 2 nitrogen and oxygen atoms in total. The lowest BCUT2D eigenvalue weighted by Crippen LogP contribution is -2.17. The Kier molecular flexibility index (Phi) is 4.61. The van der Waals surface area contributed by atoms with Crippen LogP contribution in [0, 0.1) is 5.92 Å². The monoisotopic (exact) mass is 204 g/mol. The minimum absolute atomic E-state index is 0.104. The lowest BCUT2D eigenvalue weighted by Gasteiger charge is -2.10. The van der Waals surface area contributed by atoms with Gasteiger partial charge in [0.2, 0.25) is 0 Å². The SMILES string of the molecule is C=CCOC(=O)[C@@H](C)Cc1ccccc1. The second-order valence-electron chi connectivity index (χ2n) is 3.51. The van der Waals surface area contributed by atoms with Gasteiger partial charge in [-0.25, -0.2) is 0 Å². The quantitative estimate of drug-likeness (QED) is 0.544. The van der Waals surface area contributed by atoms with Crippen LogP contribution in [-0.4, -0.2) is 12.6 Å². The van der Waals surface area contributed by atoms with Crippen LogP contribution in [0.15, 0.2) is 43.0 Å². The Hall–Kier alpha value is -1.57. The molecule has 15 heavy (non-hydrogen) atoms. The highest BCUT2D eigenvalue weighted by Gasteiger charge is 2.13. The highest BCUT2D eigenvalue weighted by Crippen LogP contribution is 2.09. The summed E-state index contributed by atoms with van der Waals surface area (Å²) in [6.07, 6.45) is 2.30. The molecular formula is C13H16O2. The van der Waals surface area contributed by atoms with E-state index in [9.17, 15) is 4.79 Å². The minimum Gasteiger partial charge on any atom is -0.461 e. The molecule has 0 N–H and O–H groups in total. The fourth-order valence-electron chi connectivity index (χ4n) is 1.33. The number of hydrogen-bond donors (Lipinski definition) is 0. The predicted molar refractivity (Wildman–Crippen MR) is 60.5 cm³/mol. The normalized spacial score (nSPS) is 11.8. The summed E-state index contributed by atoms with van der Waals surface area (Å²) in [5, 5.41) is 0. The third-order valence-electron chi connectivity index (χ3n) is 2.13. The maximum absolute atomic E-state index is 11.4. The van der Waals surface area contributed by atoms with Gasteiger partial charge in [0.25, 0.3) is 0 Å². The van der Waals surface area contributed by atoms with Gasteiger partial charge in [0.15, 0.2) is 0 Å². The second-order valence-corrected chi connectivity index (χ2v) is 3.51. The van der Waals surface area contributed by atoms with Gasteiger partial charge in [0, 0.05) is 0 Å². The van der Waals surface area contributed by atoms with Crippen molar-refractivity contribution in [3.05, 3.63) is 48.6 Å². The maximum Gasteiger partial charge on any atom is 0.309 e. The van der Waals surface area contributed by atoms with Crippen molar-refractivity contribution >= 4 is 5.97 Å². The number of esters is 1. The van der Waals surface area contributed by atoms with Crippen molar-refractivity contribution in [2.24, 2.45) is 5.92 Å². The molecule has 2 heteroatoms.